The van der Waals surface area contributed by atoms with Gasteiger partial charge in [-0.3, -0.25) is 19.4 Å². The first-order valence-corrected chi connectivity index (χ1v) is 5.50. The van der Waals surface area contributed by atoms with Crippen LogP contribution in [0.15, 0.2) is 15.8 Å². The van der Waals surface area contributed by atoms with Gasteiger partial charge >= 0.3 is 5.69 Å². The number of fused-ring (bicyclic) bond motifs is 1. The average Bonchev–Trinajstić information content (AvgIpc) is 2.95. The van der Waals surface area contributed by atoms with Crippen molar-refractivity contribution in [3.05, 3.63) is 27.0 Å². The van der Waals surface area contributed by atoms with E-state index >= 15 is 0 Å². The van der Waals surface area contributed by atoms with Gasteiger partial charge in [0.2, 0.25) is 0 Å². The van der Waals surface area contributed by atoms with Gasteiger partial charge in [0.05, 0.1) is 12.7 Å². The van der Waals surface area contributed by atoms with Gasteiger partial charge in [-0.15, -0.1) is 5.10 Å². The van der Waals surface area contributed by atoms with Gasteiger partial charge in [0, 0.05) is 6.54 Å². The minimum absolute atomic E-state index is 0.178. The SMILES string of the molecule is NCCn1cc(-c2nc3[nH]c(=O)[nH]c(=O)c3[nH]2)nn1. The summed E-state index contributed by atoms with van der Waals surface area (Å²) in [5.74, 6) is 0.352. The van der Waals surface area contributed by atoms with Crippen LogP contribution in [0, 0.1) is 0 Å². The fourth-order valence-electron chi connectivity index (χ4n) is 1.70. The molecule has 0 spiro atoms. The monoisotopic (exact) mass is 262 g/mol. The van der Waals surface area contributed by atoms with Gasteiger partial charge in [-0.2, -0.15) is 0 Å². The van der Waals surface area contributed by atoms with Crippen molar-refractivity contribution >= 4 is 11.2 Å². The van der Waals surface area contributed by atoms with Crippen molar-refractivity contribution in [2.45, 2.75) is 6.54 Å². The van der Waals surface area contributed by atoms with Crippen LogP contribution in [0.25, 0.3) is 22.7 Å². The van der Waals surface area contributed by atoms with Gasteiger partial charge in [-0.1, -0.05) is 5.21 Å². The predicted molar refractivity (Wildman–Crippen MR) is 65.4 cm³/mol. The number of rotatable bonds is 3. The van der Waals surface area contributed by atoms with Crippen molar-refractivity contribution in [1.82, 2.24) is 34.9 Å². The molecule has 0 aliphatic rings. The molecule has 0 aromatic carbocycles. The summed E-state index contributed by atoms with van der Waals surface area (Å²) in [5, 5.41) is 7.77. The highest BCUT2D eigenvalue weighted by Gasteiger charge is 2.12. The molecule has 19 heavy (non-hydrogen) atoms. The molecular weight excluding hydrogens is 252 g/mol. The summed E-state index contributed by atoms with van der Waals surface area (Å²) < 4.78 is 1.56. The minimum atomic E-state index is -0.609. The summed E-state index contributed by atoms with van der Waals surface area (Å²) in [4.78, 5) is 34.1. The van der Waals surface area contributed by atoms with Crippen LogP contribution in [0.5, 0.6) is 0 Å². The summed E-state index contributed by atoms with van der Waals surface area (Å²) in [6.07, 6.45) is 1.65. The zero-order chi connectivity index (χ0) is 13.4. The molecule has 0 bridgehead atoms. The topological polar surface area (TPSA) is 151 Å². The molecule has 5 N–H and O–H groups in total. The number of nitrogens with one attached hydrogen (secondary N) is 3. The summed E-state index contributed by atoms with van der Waals surface area (Å²) in [5.41, 5.74) is 5.09. The molecule has 3 rings (SSSR count). The Morgan fingerprint density at radius 1 is 1.26 bits per heavy atom. The standard InChI is InChI=1S/C9H10N8O2/c10-1-2-17-3-4(15-16-17)6-11-5-7(12-6)13-9(19)14-8(5)18/h3H,1-2,10H2,(H3,11,12,13,14,18,19). The number of hydrogen-bond acceptors (Lipinski definition) is 6. The molecule has 0 atom stereocenters. The van der Waals surface area contributed by atoms with Crippen molar-refractivity contribution in [1.29, 1.82) is 0 Å². The number of imidazole rings is 1. The van der Waals surface area contributed by atoms with E-state index in [1.54, 1.807) is 10.9 Å². The Labute approximate surface area is 104 Å². The fraction of sp³-hybridized carbons (Fsp3) is 0.222. The lowest BCUT2D eigenvalue weighted by Gasteiger charge is -1.92. The molecule has 0 saturated carbocycles. The number of nitrogens with two attached hydrogens (primary N) is 1. The molecule has 10 heteroatoms. The van der Waals surface area contributed by atoms with Crippen molar-refractivity contribution < 1.29 is 0 Å². The molecule has 0 aliphatic heterocycles. The molecule has 0 aliphatic carbocycles. The second-order valence-electron chi connectivity index (χ2n) is 3.87. The lowest BCUT2D eigenvalue weighted by atomic mass is 10.4. The number of nitrogens with zero attached hydrogens (tertiary/aromatic N) is 4. The van der Waals surface area contributed by atoms with Gasteiger partial charge in [0.1, 0.15) is 11.2 Å². The van der Waals surface area contributed by atoms with Gasteiger partial charge in [0.25, 0.3) is 5.56 Å². The van der Waals surface area contributed by atoms with E-state index in [0.717, 1.165) is 0 Å². The summed E-state index contributed by atoms with van der Waals surface area (Å²) in [6, 6.07) is 0. The van der Waals surface area contributed by atoms with E-state index in [4.69, 9.17) is 5.73 Å². The highest BCUT2D eigenvalue weighted by Crippen LogP contribution is 2.13. The summed E-state index contributed by atoms with van der Waals surface area (Å²) in [7, 11) is 0. The zero-order valence-corrected chi connectivity index (χ0v) is 9.67. The third kappa shape index (κ3) is 1.93. The maximum absolute atomic E-state index is 11.5. The smallest absolute Gasteiger partial charge is 0.327 e. The van der Waals surface area contributed by atoms with Crippen molar-refractivity contribution in [2.75, 3.05) is 6.54 Å². The van der Waals surface area contributed by atoms with E-state index in [0.29, 0.717) is 24.6 Å². The van der Waals surface area contributed by atoms with E-state index < -0.39 is 11.2 Å². The predicted octanol–water partition coefficient (Wildman–Crippen LogP) is -1.84. The highest BCUT2D eigenvalue weighted by molar-refractivity contribution is 5.73. The molecule has 0 radical (unpaired) electrons. The van der Waals surface area contributed by atoms with Crippen LogP contribution < -0.4 is 17.0 Å². The lowest BCUT2D eigenvalue weighted by Crippen LogP contribution is -2.21. The van der Waals surface area contributed by atoms with E-state index in [1.165, 1.54) is 0 Å². The molecule has 0 fully saturated rings. The van der Waals surface area contributed by atoms with Gasteiger partial charge in [-0.25, -0.2) is 9.78 Å². The minimum Gasteiger partial charge on any atom is -0.331 e. The Morgan fingerprint density at radius 2 is 2.11 bits per heavy atom. The Bertz CT molecular complexity index is 838. The Hall–Kier alpha value is -2.75. The Balaban J connectivity index is 2.12. The number of aromatic amines is 3. The third-order valence-corrected chi connectivity index (χ3v) is 2.53. The molecule has 3 aromatic heterocycles. The quantitative estimate of drug-likeness (QED) is 0.435. The normalized spacial score (nSPS) is 11.2. The molecule has 10 nitrogen and oxygen atoms in total. The number of H-pyrrole nitrogens is 3. The van der Waals surface area contributed by atoms with Crippen LogP contribution in [0.1, 0.15) is 0 Å². The summed E-state index contributed by atoms with van der Waals surface area (Å²) >= 11 is 0. The lowest BCUT2D eigenvalue weighted by molar-refractivity contribution is 0.598. The van der Waals surface area contributed by atoms with Crippen LogP contribution in [0.3, 0.4) is 0 Å². The van der Waals surface area contributed by atoms with Crippen LogP contribution in [-0.2, 0) is 6.54 Å². The van der Waals surface area contributed by atoms with E-state index in [9.17, 15) is 9.59 Å². The second kappa shape index (κ2) is 4.17. The van der Waals surface area contributed by atoms with Gasteiger partial charge < -0.3 is 10.7 Å². The van der Waals surface area contributed by atoms with Gasteiger partial charge in [0.15, 0.2) is 11.5 Å². The van der Waals surface area contributed by atoms with Crippen LogP contribution in [-0.4, -0.2) is 41.5 Å². The van der Waals surface area contributed by atoms with Crippen molar-refractivity contribution in [3.63, 3.8) is 0 Å². The average molecular weight is 262 g/mol. The van der Waals surface area contributed by atoms with Crippen molar-refractivity contribution in [2.24, 2.45) is 5.73 Å². The van der Waals surface area contributed by atoms with Gasteiger partial charge in [-0.05, 0) is 0 Å². The first kappa shape index (κ1) is 11.3. The summed E-state index contributed by atoms with van der Waals surface area (Å²) in [6.45, 7) is 0.973. The van der Waals surface area contributed by atoms with Crippen LogP contribution >= 0.6 is 0 Å². The molecule has 0 unspecified atom stereocenters. The maximum atomic E-state index is 11.5. The van der Waals surface area contributed by atoms with Crippen LogP contribution in [0.4, 0.5) is 0 Å². The first-order chi connectivity index (χ1) is 9.17. The van der Waals surface area contributed by atoms with E-state index in [-0.39, 0.29) is 11.2 Å². The Morgan fingerprint density at radius 3 is 2.89 bits per heavy atom. The second-order valence-corrected chi connectivity index (χ2v) is 3.87. The Kier molecular flexibility index (Phi) is 2.49. The molecule has 0 amide bonds. The van der Waals surface area contributed by atoms with E-state index in [1.807, 2.05) is 0 Å². The fourth-order valence-corrected chi connectivity index (χ4v) is 1.70. The van der Waals surface area contributed by atoms with E-state index in [2.05, 4.69) is 30.2 Å². The molecular formula is C9H10N8O2. The zero-order valence-electron chi connectivity index (χ0n) is 9.67. The maximum Gasteiger partial charge on any atom is 0.327 e. The first-order valence-electron chi connectivity index (χ1n) is 5.50. The highest BCUT2D eigenvalue weighted by atomic mass is 16.2. The van der Waals surface area contributed by atoms with Crippen molar-refractivity contribution in [3.8, 4) is 11.5 Å². The largest absolute Gasteiger partial charge is 0.331 e. The third-order valence-electron chi connectivity index (χ3n) is 2.53. The molecule has 0 saturated heterocycles. The van der Waals surface area contributed by atoms with Crippen LogP contribution in [0.2, 0.25) is 0 Å². The molecule has 3 aromatic rings. The molecule has 98 valence electrons. The molecule has 3 heterocycles. The number of hydrogen-bond donors (Lipinski definition) is 4. The number of aromatic nitrogens is 7.